The van der Waals surface area contributed by atoms with Crippen LogP contribution in [0.3, 0.4) is 0 Å². The first-order valence-electron chi connectivity index (χ1n) is 5.87. The normalized spacial score (nSPS) is 21.4. The van der Waals surface area contributed by atoms with Crippen LogP contribution in [0, 0.1) is 11.8 Å². The fraction of sp³-hybridized carbons (Fsp3) is 0.385. The minimum Gasteiger partial charge on any atom is -0.508 e. The fourth-order valence-electron chi connectivity index (χ4n) is 2.07. The molecule has 0 spiro atoms. The van der Waals surface area contributed by atoms with E-state index in [9.17, 15) is 14.7 Å². The summed E-state index contributed by atoms with van der Waals surface area (Å²) in [4.78, 5) is 24.4. The van der Waals surface area contributed by atoms with Crippen molar-refractivity contribution in [3.63, 3.8) is 0 Å². The summed E-state index contributed by atoms with van der Waals surface area (Å²) in [5, 5.41) is 18.2. The second-order valence-corrected chi connectivity index (χ2v) is 4.39. The van der Waals surface area contributed by atoms with Crippen molar-refractivity contribution in [3.8, 4) is 5.75 Å². The van der Waals surface area contributed by atoms with Crippen LogP contribution in [0.2, 0.25) is 0 Å². The summed E-state index contributed by atoms with van der Waals surface area (Å²) in [5.41, 5.74) is 0.596. The lowest BCUT2D eigenvalue weighted by molar-refractivity contribution is -0.140. The van der Waals surface area contributed by atoms with Crippen LogP contribution in [0.25, 0.3) is 0 Å². The summed E-state index contributed by atoms with van der Waals surface area (Å²) < 4.78 is 0. The molecule has 2 rings (SSSR count). The molecule has 1 aliphatic carbocycles. The van der Waals surface area contributed by atoms with E-state index in [-0.39, 0.29) is 11.7 Å². The topological polar surface area (TPSA) is 77.8 Å². The van der Waals surface area contributed by atoms with Crippen molar-refractivity contribution in [1.29, 1.82) is 0 Å². The van der Waals surface area contributed by atoms with E-state index >= 15 is 0 Å². The van der Waals surface area contributed by atoms with Gasteiger partial charge >= 0.3 is 5.97 Å². The highest BCUT2D eigenvalue weighted by molar-refractivity contribution is 6.00. The van der Waals surface area contributed by atoms with E-state index in [1.54, 1.807) is 12.1 Å². The monoisotopic (exact) mass is 249 g/mol. The van der Waals surface area contributed by atoms with Gasteiger partial charge in [-0.05, 0) is 25.5 Å². The molecule has 1 amide bonds. The molecule has 1 aromatic carbocycles. The van der Waals surface area contributed by atoms with Crippen LogP contribution < -0.4 is 4.90 Å². The van der Waals surface area contributed by atoms with Crippen molar-refractivity contribution in [3.05, 3.63) is 24.3 Å². The Hall–Kier alpha value is -2.04. The number of carboxylic acids is 1. The molecule has 0 bridgehead atoms. The first-order valence-corrected chi connectivity index (χ1v) is 5.87. The predicted octanol–water partition coefficient (Wildman–Crippen LogP) is 1.47. The number of rotatable bonds is 4. The Morgan fingerprint density at radius 2 is 2.11 bits per heavy atom. The van der Waals surface area contributed by atoms with Gasteiger partial charge in [-0.2, -0.15) is 0 Å². The molecule has 96 valence electrons. The molecule has 18 heavy (non-hydrogen) atoms. The van der Waals surface area contributed by atoms with Crippen LogP contribution in [-0.4, -0.2) is 28.6 Å². The van der Waals surface area contributed by atoms with E-state index < -0.39 is 17.8 Å². The number of aliphatic carboxylic acids is 1. The molecule has 2 N–H and O–H groups in total. The maximum absolute atomic E-state index is 12.1. The third-order valence-electron chi connectivity index (χ3n) is 3.15. The van der Waals surface area contributed by atoms with Crippen LogP contribution in [0.15, 0.2) is 24.3 Å². The predicted molar refractivity (Wildman–Crippen MR) is 65.4 cm³/mol. The number of benzene rings is 1. The van der Waals surface area contributed by atoms with Crippen LogP contribution in [-0.2, 0) is 9.59 Å². The zero-order valence-electron chi connectivity index (χ0n) is 10.0. The summed E-state index contributed by atoms with van der Waals surface area (Å²) in [6, 6.07) is 6.40. The maximum atomic E-state index is 12.1. The van der Waals surface area contributed by atoms with Gasteiger partial charge in [-0.15, -0.1) is 0 Å². The van der Waals surface area contributed by atoms with Crippen molar-refractivity contribution in [2.24, 2.45) is 11.8 Å². The van der Waals surface area contributed by atoms with Crippen molar-refractivity contribution >= 4 is 17.6 Å². The quantitative estimate of drug-likeness (QED) is 0.847. The number of carbonyl (C=O) groups is 2. The molecule has 0 radical (unpaired) electrons. The molecule has 2 atom stereocenters. The molecule has 5 nitrogen and oxygen atoms in total. The zero-order chi connectivity index (χ0) is 13.3. The number of carbonyl (C=O) groups excluding carboxylic acids is 1. The molecule has 0 aromatic heterocycles. The van der Waals surface area contributed by atoms with Crippen LogP contribution in [0.1, 0.15) is 13.3 Å². The molecule has 0 aliphatic heterocycles. The van der Waals surface area contributed by atoms with Gasteiger partial charge in [0.25, 0.3) is 0 Å². The Labute approximate surface area is 105 Å². The fourth-order valence-corrected chi connectivity index (χ4v) is 2.07. The average Bonchev–Trinajstić information content (AvgIpc) is 3.09. The Kier molecular flexibility index (Phi) is 3.23. The number of amides is 1. The van der Waals surface area contributed by atoms with Crippen LogP contribution in [0.5, 0.6) is 5.75 Å². The molecule has 1 aliphatic rings. The minimum atomic E-state index is -0.916. The first kappa shape index (κ1) is 12.4. The summed E-state index contributed by atoms with van der Waals surface area (Å²) in [5.74, 6) is -1.99. The maximum Gasteiger partial charge on any atom is 0.307 e. The molecule has 1 aromatic rings. The Morgan fingerprint density at radius 1 is 1.39 bits per heavy atom. The summed E-state index contributed by atoms with van der Waals surface area (Å²) >= 11 is 0. The Bertz CT molecular complexity index is 486. The SMILES string of the molecule is CCN(C(=O)[C@@H]1C[C@@H]1C(=O)O)c1cccc(O)c1. The summed E-state index contributed by atoms with van der Waals surface area (Å²) in [6.07, 6.45) is 0.406. The molecular formula is C13H15NO4. The van der Waals surface area contributed by atoms with Gasteiger partial charge < -0.3 is 15.1 Å². The van der Waals surface area contributed by atoms with Crippen LogP contribution >= 0.6 is 0 Å². The van der Waals surface area contributed by atoms with Gasteiger partial charge in [0.2, 0.25) is 5.91 Å². The van der Waals surface area contributed by atoms with Gasteiger partial charge in [0.15, 0.2) is 0 Å². The van der Waals surface area contributed by atoms with E-state index in [2.05, 4.69) is 0 Å². The number of aromatic hydroxyl groups is 1. The number of phenols is 1. The van der Waals surface area contributed by atoms with E-state index in [1.807, 2.05) is 6.92 Å². The summed E-state index contributed by atoms with van der Waals surface area (Å²) in [6.45, 7) is 2.27. The Morgan fingerprint density at radius 3 is 2.61 bits per heavy atom. The standard InChI is InChI=1S/C13H15NO4/c1-2-14(8-4-3-5-9(15)6-8)12(16)10-7-11(10)13(17)18/h3-6,10-11,15H,2,7H2,1H3,(H,17,18)/t10-,11+/m1/s1. The van der Waals surface area contributed by atoms with E-state index in [0.717, 1.165) is 0 Å². The smallest absolute Gasteiger partial charge is 0.307 e. The lowest BCUT2D eigenvalue weighted by Crippen LogP contribution is -2.32. The van der Waals surface area contributed by atoms with Gasteiger partial charge in [-0.3, -0.25) is 9.59 Å². The Balaban J connectivity index is 2.15. The highest BCUT2D eigenvalue weighted by atomic mass is 16.4. The van der Waals surface area contributed by atoms with Gasteiger partial charge in [0, 0.05) is 18.3 Å². The second-order valence-electron chi connectivity index (χ2n) is 4.39. The second kappa shape index (κ2) is 4.68. The number of hydrogen-bond donors (Lipinski definition) is 2. The van der Waals surface area contributed by atoms with E-state index in [4.69, 9.17) is 5.11 Å². The van der Waals surface area contributed by atoms with Crippen molar-refractivity contribution in [2.75, 3.05) is 11.4 Å². The number of carboxylic acid groups (broad SMARTS) is 1. The molecule has 5 heteroatoms. The molecule has 0 unspecified atom stereocenters. The van der Waals surface area contributed by atoms with E-state index in [1.165, 1.54) is 17.0 Å². The number of phenolic OH excluding ortho intramolecular Hbond substituents is 1. The lowest BCUT2D eigenvalue weighted by Gasteiger charge is -2.21. The van der Waals surface area contributed by atoms with Crippen molar-refractivity contribution in [2.45, 2.75) is 13.3 Å². The van der Waals surface area contributed by atoms with E-state index in [0.29, 0.717) is 18.7 Å². The average molecular weight is 249 g/mol. The summed E-state index contributed by atoms with van der Waals surface area (Å²) in [7, 11) is 0. The third kappa shape index (κ3) is 2.30. The minimum absolute atomic E-state index is 0.0873. The molecule has 0 heterocycles. The van der Waals surface area contributed by atoms with Crippen LogP contribution in [0.4, 0.5) is 5.69 Å². The van der Waals surface area contributed by atoms with Gasteiger partial charge in [0.1, 0.15) is 5.75 Å². The lowest BCUT2D eigenvalue weighted by atomic mass is 10.2. The van der Waals surface area contributed by atoms with Crippen molar-refractivity contribution in [1.82, 2.24) is 0 Å². The molecular weight excluding hydrogens is 234 g/mol. The molecule has 0 saturated heterocycles. The molecule has 1 saturated carbocycles. The first-order chi connectivity index (χ1) is 8.54. The number of nitrogens with zero attached hydrogens (tertiary/aromatic N) is 1. The van der Waals surface area contributed by atoms with Crippen molar-refractivity contribution < 1.29 is 19.8 Å². The molecule has 1 fully saturated rings. The number of hydrogen-bond acceptors (Lipinski definition) is 3. The zero-order valence-corrected chi connectivity index (χ0v) is 10.0. The van der Waals surface area contributed by atoms with Gasteiger partial charge in [-0.25, -0.2) is 0 Å². The largest absolute Gasteiger partial charge is 0.508 e. The highest BCUT2D eigenvalue weighted by Gasteiger charge is 2.49. The number of anilines is 1. The van der Waals surface area contributed by atoms with Gasteiger partial charge in [0.05, 0.1) is 11.8 Å². The van der Waals surface area contributed by atoms with Gasteiger partial charge in [-0.1, -0.05) is 6.07 Å². The third-order valence-corrected chi connectivity index (χ3v) is 3.15. The highest BCUT2D eigenvalue weighted by Crippen LogP contribution is 2.41.